The fourth-order valence-electron chi connectivity index (χ4n) is 2.16. The minimum absolute atomic E-state index is 0.150. The van der Waals surface area contributed by atoms with Crippen LogP contribution in [0.2, 0.25) is 0 Å². The van der Waals surface area contributed by atoms with Gasteiger partial charge in [0.05, 0.1) is 0 Å². The van der Waals surface area contributed by atoms with Gasteiger partial charge in [-0.1, -0.05) is 13.8 Å². The van der Waals surface area contributed by atoms with Gasteiger partial charge in [-0.15, -0.1) is 0 Å². The summed E-state index contributed by atoms with van der Waals surface area (Å²) in [6.07, 6.45) is 0.750. The summed E-state index contributed by atoms with van der Waals surface area (Å²) in [5, 5.41) is 21.6. The number of benzene rings is 1. The highest BCUT2D eigenvalue weighted by atomic mass is 16.3. The Morgan fingerprint density at radius 3 is 2.26 bits per heavy atom. The molecule has 0 saturated carbocycles. The molecule has 0 fully saturated rings. The van der Waals surface area contributed by atoms with E-state index in [2.05, 4.69) is 19.2 Å². The van der Waals surface area contributed by atoms with Crippen molar-refractivity contribution in [3.63, 3.8) is 0 Å². The van der Waals surface area contributed by atoms with Crippen molar-refractivity contribution in [2.24, 2.45) is 11.7 Å². The molecule has 0 aromatic heterocycles. The molecule has 1 amide bonds. The molecule has 5 heteroatoms. The van der Waals surface area contributed by atoms with Crippen molar-refractivity contribution < 1.29 is 15.0 Å². The smallest absolute Gasteiger partial charge is 0.252 e. The van der Waals surface area contributed by atoms with Crippen molar-refractivity contribution in [3.8, 4) is 11.5 Å². The quantitative estimate of drug-likeness (QED) is 0.651. The molecule has 1 unspecified atom stereocenters. The largest absolute Gasteiger partial charge is 0.508 e. The Bertz CT molecular complexity index is 440. The van der Waals surface area contributed by atoms with Crippen LogP contribution in [0, 0.1) is 5.92 Å². The molecular formula is C14H22N2O3. The van der Waals surface area contributed by atoms with Crippen LogP contribution in [-0.2, 0) is 0 Å². The van der Waals surface area contributed by atoms with Gasteiger partial charge in [-0.05, 0) is 31.4 Å². The lowest BCUT2D eigenvalue weighted by Gasteiger charge is -2.31. The second-order valence-electron chi connectivity index (χ2n) is 5.55. The van der Waals surface area contributed by atoms with Gasteiger partial charge in [0.1, 0.15) is 11.5 Å². The summed E-state index contributed by atoms with van der Waals surface area (Å²) in [7, 11) is 0. The SMILES string of the molecule is CC(C)CC(C)(CN)NC(=O)c1cc(O)cc(O)c1. The number of amides is 1. The molecule has 0 aliphatic heterocycles. The molecule has 0 saturated heterocycles. The third kappa shape index (κ3) is 4.44. The third-order valence-corrected chi connectivity index (χ3v) is 2.89. The van der Waals surface area contributed by atoms with Crippen LogP contribution in [0.15, 0.2) is 18.2 Å². The van der Waals surface area contributed by atoms with Crippen molar-refractivity contribution in [2.45, 2.75) is 32.7 Å². The number of hydrogen-bond donors (Lipinski definition) is 4. The highest BCUT2D eigenvalue weighted by molar-refractivity contribution is 5.95. The second-order valence-corrected chi connectivity index (χ2v) is 5.55. The summed E-state index contributed by atoms with van der Waals surface area (Å²) >= 11 is 0. The van der Waals surface area contributed by atoms with E-state index in [1.54, 1.807) is 0 Å². The maximum Gasteiger partial charge on any atom is 0.252 e. The van der Waals surface area contributed by atoms with Crippen molar-refractivity contribution in [1.82, 2.24) is 5.32 Å². The van der Waals surface area contributed by atoms with E-state index in [4.69, 9.17) is 5.73 Å². The van der Waals surface area contributed by atoms with Crippen molar-refractivity contribution in [3.05, 3.63) is 23.8 Å². The molecule has 0 aliphatic rings. The van der Waals surface area contributed by atoms with Gasteiger partial charge < -0.3 is 21.3 Å². The molecule has 0 spiro atoms. The Kier molecular flexibility index (Phi) is 4.78. The highest BCUT2D eigenvalue weighted by Crippen LogP contribution is 2.22. The van der Waals surface area contributed by atoms with Crippen LogP contribution in [0.3, 0.4) is 0 Å². The van der Waals surface area contributed by atoms with E-state index in [0.29, 0.717) is 12.5 Å². The summed E-state index contributed by atoms with van der Waals surface area (Å²) < 4.78 is 0. The van der Waals surface area contributed by atoms with E-state index in [1.807, 2.05) is 6.92 Å². The summed E-state index contributed by atoms with van der Waals surface area (Å²) in [6.45, 7) is 6.32. The van der Waals surface area contributed by atoms with Crippen LogP contribution in [-0.4, -0.2) is 28.2 Å². The van der Waals surface area contributed by atoms with E-state index in [0.717, 1.165) is 6.42 Å². The van der Waals surface area contributed by atoms with Crippen molar-refractivity contribution >= 4 is 5.91 Å². The number of nitrogens with two attached hydrogens (primary N) is 1. The molecule has 1 atom stereocenters. The average molecular weight is 266 g/mol. The summed E-state index contributed by atoms with van der Waals surface area (Å²) in [5.41, 5.74) is 5.43. The Labute approximate surface area is 113 Å². The maximum absolute atomic E-state index is 12.1. The minimum atomic E-state index is -0.508. The maximum atomic E-state index is 12.1. The van der Waals surface area contributed by atoms with Crippen molar-refractivity contribution in [1.29, 1.82) is 0 Å². The Morgan fingerprint density at radius 1 is 1.32 bits per heavy atom. The molecule has 5 nitrogen and oxygen atoms in total. The number of phenols is 2. The Hall–Kier alpha value is -1.75. The molecule has 106 valence electrons. The van der Waals surface area contributed by atoms with Crippen LogP contribution in [0.4, 0.5) is 0 Å². The third-order valence-electron chi connectivity index (χ3n) is 2.89. The number of rotatable bonds is 5. The fraction of sp³-hybridized carbons (Fsp3) is 0.500. The van der Waals surface area contributed by atoms with Gasteiger partial charge in [-0.2, -0.15) is 0 Å². The number of carbonyl (C=O) groups excluding carboxylic acids is 1. The minimum Gasteiger partial charge on any atom is -0.508 e. The van der Waals surface area contributed by atoms with E-state index >= 15 is 0 Å². The summed E-state index contributed by atoms with van der Waals surface area (Å²) in [6, 6.07) is 3.79. The monoisotopic (exact) mass is 266 g/mol. The first-order valence-electron chi connectivity index (χ1n) is 6.31. The first-order chi connectivity index (χ1) is 8.75. The normalized spacial score (nSPS) is 14.2. The molecule has 1 aromatic carbocycles. The van der Waals surface area contributed by atoms with Crippen LogP contribution in [0.1, 0.15) is 37.6 Å². The van der Waals surface area contributed by atoms with Crippen LogP contribution in [0.5, 0.6) is 11.5 Å². The van der Waals surface area contributed by atoms with Crippen LogP contribution >= 0.6 is 0 Å². The van der Waals surface area contributed by atoms with E-state index in [1.165, 1.54) is 18.2 Å². The molecule has 0 heterocycles. The average Bonchev–Trinajstić information content (AvgIpc) is 2.26. The Balaban J connectivity index is 2.88. The zero-order valence-corrected chi connectivity index (χ0v) is 11.6. The van der Waals surface area contributed by atoms with E-state index in [9.17, 15) is 15.0 Å². The van der Waals surface area contributed by atoms with E-state index < -0.39 is 5.54 Å². The summed E-state index contributed by atoms with van der Waals surface area (Å²) in [5.74, 6) is -0.266. The molecule has 0 bridgehead atoms. The number of nitrogens with one attached hydrogen (secondary N) is 1. The second kappa shape index (κ2) is 5.93. The lowest BCUT2D eigenvalue weighted by atomic mass is 9.90. The van der Waals surface area contributed by atoms with Gasteiger partial charge in [0.25, 0.3) is 5.91 Å². The number of carbonyl (C=O) groups is 1. The molecule has 1 aromatic rings. The van der Waals surface area contributed by atoms with Gasteiger partial charge in [0, 0.05) is 23.7 Å². The van der Waals surface area contributed by atoms with Crippen LogP contribution in [0.25, 0.3) is 0 Å². The van der Waals surface area contributed by atoms with Crippen LogP contribution < -0.4 is 11.1 Å². The van der Waals surface area contributed by atoms with Gasteiger partial charge in [-0.25, -0.2) is 0 Å². The topological polar surface area (TPSA) is 95.6 Å². The molecular weight excluding hydrogens is 244 g/mol. The number of hydrogen-bond acceptors (Lipinski definition) is 4. The van der Waals surface area contributed by atoms with Gasteiger partial charge >= 0.3 is 0 Å². The zero-order valence-electron chi connectivity index (χ0n) is 11.6. The van der Waals surface area contributed by atoms with Gasteiger partial charge in [0.2, 0.25) is 0 Å². The number of phenolic OH excluding ortho intramolecular Hbond substituents is 2. The molecule has 0 aliphatic carbocycles. The standard InChI is InChI=1S/C14H22N2O3/c1-9(2)7-14(3,8-15)16-13(19)10-4-11(17)6-12(18)5-10/h4-6,9,17-18H,7-8,15H2,1-3H3,(H,16,19). The van der Waals surface area contributed by atoms with Gasteiger partial charge in [-0.3, -0.25) is 4.79 Å². The lowest BCUT2D eigenvalue weighted by Crippen LogP contribution is -2.52. The molecule has 1 rings (SSSR count). The van der Waals surface area contributed by atoms with Crippen molar-refractivity contribution in [2.75, 3.05) is 6.54 Å². The Morgan fingerprint density at radius 2 is 1.84 bits per heavy atom. The first-order valence-corrected chi connectivity index (χ1v) is 6.31. The fourth-order valence-corrected chi connectivity index (χ4v) is 2.16. The highest BCUT2D eigenvalue weighted by Gasteiger charge is 2.26. The molecule has 5 N–H and O–H groups in total. The first kappa shape index (κ1) is 15.3. The summed E-state index contributed by atoms with van der Waals surface area (Å²) in [4.78, 5) is 12.1. The molecule has 19 heavy (non-hydrogen) atoms. The predicted octanol–water partition coefficient (Wildman–Crippen LogP) is 1.59. The zero-order chi connectivity index (χ0) is 14.6. The lowest BCUT2D eigenvalue weighted by molar-refractivity contribution is 0.0897. The number of aromatic hydroxyl groups is 2. The van der Waals surface area contributed by atoms with Gasteiger partial charge in [0.15, 0.2) is 0 Å². The van der Waals surface area contributed by atoms with E-state index in [-0.39, 0.29) is 23.0 Å². The predicted molar refractivity (Wildman–Crippen MR) is 74.2 cm³/mol. The molecule has 0 radical (unpaired) electrons.